The number of nitrogens with zero attached hydrogens (tertiary/aromatic N) is 1. The lowest BCUT2D eigenvalue weighted by molar-refractivity contribution is -0.117. The summed E-state index contributed by atoms with van der Waals surface area (Å²) in [6.07, 6.45) is 1.73. The van der Waals surface area contributed by atoms with Crippen molar-refractivity contribution in [2.45, 2.75) is 57.4 Å². The number of hydrogen-bond donors (Lipinski definition) is 2. The van der Waals surface area contributed by atoms with Crippen molar-refractivity contribution >= 4 is 21.6 Å². The van der Waals surface area contributed by atoms with E-state index < -0.39 is 10.0 Å². The summed E-state index contributed by atoms with van der Waals surface area (Å²) in [6, 6.07) is 13.5. The van der Waals surface area contributed by atoms with Gasteiger partial charge in [-0.05, 0) is 59.6 Å². The molecule has 0 aliphatic carbocycles. The number of rotatable bonds is 8. The summed E-state index contributed by atoms with van der Waals surface area (Å²) in [6.45, 7) is 9.46. The Balaban J connectivity index is 1.69. The summed E-state index contributed by atoms with van der Waals surface area (Å²) in [4.78, 5) is 14.8. The van der Waals surface area contributed by atoms with Crippen LogP contribution in [-0.2, 0) is 21.2 Å². The van der Waals surface area contributed by atoms with Crippen LogP contribution in [-0.4, -0.2) is 27.4 Å². The molecule has 0 spiro atoms. The van der Waals surface area contributed by atoms with Crippen LogP contribution in [0, 0.1) is 5.92 Å². The van der Waals surface area contributed by atoms with Gasteiger partial charge in [0.15, 0.2) is 0 Å². The molecule has 0 fully saturated rings. The van der Waals surface area contributed by atoms with Crippen LogP contribution in [0.1, 0.15) is 62.8 Å². The molecule has 2 atom stereocenters. The SMILES string of the molecule is CCC(C)c1ccc(C(NCC(=O)N2CCc3cc(S(N)(=O)=O)ccc32)C(C)C)cc1. The minimum atomic E-state index is -3.75. The molecule has 1 heterocycles. The van der Waals surface area contributed by atoms with Gasteiger partial charge in [-0.2, -0.15) is 0 Å². The fraction of sp³-hybridized carbons (Fsp3) is 0.458. The Kier molecular flexibility index (Phi) is 7.19. The fourth-order valence-electron chi connectivity index (χ4n) is 4.11. The van der Waals surface area contributed by atoms with Gasteiger partial charge in [-0.3, -0.25) is 4.79 Å². The summed E-state index contributed by atoms with van der Waals surface area (Å²) in [5, 5.41) is 8.66. The second-order valence-corrected chi connectivity index (χ2v) is 10.3. The minimum Gasteiger partial charge on any atom is -0.311 e. The van der Waals surface area contributed by atoms with Gasteiger partial charge in [-0.15, -0.1) is 0 Å². The first-order valence-electron chi connectivity index (χ1n) is 10.9. The van der Waals surface area contributed by atoms with Crippen molar-refractivity contribution in [3.8, 4) is 0 Å². The lowest BCUT2D eigenvalue weighted by atomic mass is 9.92. The monoisotopic (exact) mass is 443 g/mol. The number of carbonyl (C=O) groups excluding carboxylic acids is 1. The first kappa shape index (κ1) is 23.4. The van der Waals surface area contributed by atoms with Crippen molar-refractivity contribution in [1.29, 1.82) is 0 Å². The molecule has 2 aromatic carbocycles. The molecular formula is C24H33N3O3S. The van der Waals surface area contributed by atoms with Crippen LogP contribution in [0.2, 0.25) is 0 Å². The van der Waals surface area contributed by atoms with Crippen LogP contribution in [0.4, 0.5) is 5.69 Å². The van der Waals surface area contributed by atoms with Gasteiger partial charge in [0.2, 0.25) is 15.9 Å². The van der Waals surface area contributed by atoms with E-state index in [1.54, 1.807) is 17.0 Å². The zero-order chi connectivity index (χ0) is 22.8. The van der Waals surface area contributed by atoms with Gasteiger partial charge >= 0.3 is 0 Å². The maximum Gasteiger partial charge on any atom is 0.240 e. The highest BCUT2D eigenvalue weighted by Gasteiger charge is 2.27. The molecule has 7 heteroatoms. The number of nitrogens with one attached hydrogen (secondary N) is 1. The first-order chi connectivity index (χ1) is 14.6. The second kappa shape index (κ2) is 9.51. The number of benzene rings is 2. The van der Waals surface area contributed by atoms with E-state index in [1.165, 1.54) is 17.2 Å². The molecule has 3 N–H and O–H groups in total. The number of nitrogens with two attached hydrogens (primary N) is 1. The van der Waals surface area contributed by atoms with Crippen molar-refractivity contribution < 1.29 is 13.2 Å². The first-order valence-corrected chi connectivity index (χ1v) is 12.5. The van der Waals surface area contributed by atoms with Crippen molar-refractivity contribution in [2.24, 2.45) is 11.1 Å². The Hall–Kier alpha value is -2.22. The number of carbonyl (C=O) groups is 1. The van der Waals surface area contributed by atoms with Crippen LogP contribution in [0.15, 0.2) is 47.4 Å². The van der Waals surface area contributed by atoms with Gasteiger partial charge in [0.25, 0.3) is 0 Å². The van der Waals surface area contributed by atoms with Gasteiger partial charge < -0.3 is 10.2 Å². The molecule has 0 bridgehead atoms. The Labute approximate surface area is 185 Å². The van der Waals surface area contributed by atoms with Crippen molar-refractivity contribution in [3.63, 3.8) is 0 Å². The van der Waals surface area contributed by atoms with Gasteiger partial charge in [-0.25, -0.2) is 13.6 Å². The highest BCUT2D eigenvalue weighted by Crippen LogP contribution is 2.30. The molecule has 2 unspecified atom stereocenters. The van der Waals surface area contributed by atoms with Crippen LogP contribution >= 0.6 is 0 Å². The lowest BCUT2D eigenvalue weighted by Crippen LogP contribution is -2.39. The highest BCUT2D eigenvalue weighted by molar-refractivity contribution is 7.89. The predicted molar refractivity (Wildman–Crippen MR) is 125 cm³/mol. The maximum absolute atomic E-state index is 13.0. The molecular weight excluding hydrogens is 410 g/mol. The van der Waals surface area contributed by atoms with Gasteiger partial charge in [0, 0.05) is 18.3 Å². The number of amides is 1. The number of sulfonamides is 1. The molecule has 168 valence electrons. The summed E-state index contributed by atoms with van der Waals surface area (Å²) in [7, 11) is -3.75. The molecule has 1 aliphatic rings. The van der Waals surface area contributed by atoms with E-state index in [0.717, 1.165) is 17.7 Å². The highest BCUT2D eigenvalue weighted by atomic mass is 32.2. The van der Waals surface area contributed by atoms with Crippen LogP contribution in [0.25, 0.3) is 0 Å². The summed E-state index contributed by atoms with van der Waals surface area (Å²) >= 11 is 0. The largest absolute Gasteiger partial charge is 0.311 e. The molecule has 0 aromatic heterocycles. The van der Waals surface area contributed by atoms with Gasteiger partial charge in [0.05, 0.1) is 11.4 Å². The van der Waals surface area contributed by atoms with E-state index in [0.29, 0.717) is 24.8 Å². The smallest absolute Gasteiger partial charge is 0.240 e. The van der Waals surface area contributed by atoms with Crippen molar-refractivity contribution in [1.82, 2.24) is 5.32 Å². The average molecular weight is 444 g/mol. The van der Waals surface area contributed by atoms with Crippen LogP contribution in [0.5, 0.6) is 0 Å². The third-order valence-corrected chi connectivity index (χ3v) is 7.10. The van der Waals surface area contributed by atoms with E-state index in [2.05, 4.69) is 57.3 Å². The zero-order valence-corrected chi connectivity index (χ0v) is 19.6. The average Bonchev–Trinajstić information content (AvgIpc) is 3.16. The van der Waals surface area contributed by atoms with E-state index in [-0.39, 0.29) is 23.4 Å². The van der Waals surface area contributed by atoms with Gasteiger partial charge in [-0.1, -0.05) is 52.0 Å². The van der Waals surface area contributed by atoms with E-state index in [4.69, 9.17) is 5.14 Å². The Morgan fingerprint density at radius 1 is 1.10 bits per heavy atom. The number of fused-ring (bicyclic) bond motifs is 1. The van der Waals surface area contributed by atoms with Crippen molar-refractivity contribution in [3.05, 3.63) is 59.2 Å². The predicted octanol–water partition coefficient (Wildman–Crippen LogP) is 3.72. The molecule has 0 saturated carbocycles. The Morgan fingerprint density at radius 2 is 1.74 bits per heavy atom. The van der Waals surface area contributed by atoms with Crippen LogP contribution in [0.3, 0.4) is 0 Å². The topological polar surface area (TPSA) is 92.5 Å². The van der Waals surface area contributed by atoms with E-state index in [1.807, 2.05) is 0 Å². The number of anilines is 1. The molecule has 31 heavy (non-hydrogen) atoms. The van der Waals surface area contributed by atoms with Crippen LogP contribution < -0.4 is 15.4 Å². The van der Waals surface area contributed by atoms with Crippen molar-refractivity contribution in [2.75, 3.05) is 18.0 Å². The molecule has 2 aromatic rings. The lowest BCUT2D eigenvalue weighted by Gasteiger charge is -2.25. The molecule has 1 amide bonds. The standard InChI is InChI=1S/C24H33N3O3S/c1-5-17(4)18-6-8-19(9-7-18)24(16(2)3)26-15-23(28)27-13-12-20-14-21(31(25,29)30)10-11-22(20)27/h6-11,14,16-17,24,26H,5,12-13,15H2,1-4H3,(H2,25,29,30). The molecule has 0 radical (unpaired) electrons. The summed E-state index contributed by atoms with van der Waals surface area (Å²) < 4.78 is 23.2. The summed E-state index contributed by atoms with van der Waals surface area (Å²) in [5.74, 6) is 0.834. The molecule has 1 aliphatic heterocycles. The molecule has 0 saturated heterocycles. The maximum atomic E-state index is 13.0. The van der Waals surface area contributed by atoms with E-state index >= 15 is 0 Å². The Bertz CT molecular complexity index is 1030. The number of hydrogen-bond acceptors (Lipinski definition) is 4. The van der Waals surface area contributed by atoms with Gasteiger partial charge in [0.1, 0.15) is 0 Å². The fourth-order valence-corrected chi connectivity index (χ4v) is 4.68. The molecule has 3 rings (SSSR count). The minimum absolute atomic E-state index is 0.0241. The third-order valence-electron chi connectivity index (χ3n) is 6.19. The third kappa shape index (κ3) is 5.34. The summed E-state index contributed by atoms with van der Waals surface area (Å²) in [5.41, 5.74) is 4.10. The number of primary sulfonamides is 1. The van der Waals surface area contributed by atoms with E-state index in [9.17, 15) is 13.2 Å². The zero-order valence-electron chi connectivity index (χ0n) is 18.8. The quantitative estimate of drug-likeness (QED) is 0.650. The Morgan fingerprint density at radius 3 is 2.32 bits per heavy atom. The molecule has 6 nitrogen and oxygen atoms in total. The second-order valence-electron chi connectivity index (χ2n) is 8.71. The normalized spacial score (nSPS) is 15.7.